The molecule has 2 aromatic heterocycles. The fraction of sp³-hybridized carbons (Fsp3) is 0.167. The van der Waals surface area contributed by atoms with Crippen molar-refractivity contribution in [3.05, 3.63) is 47.0 Å². The molecular formula is C12H9BClF3N2O3. The molecule has 0 aliphatic heterocycles. The Morgan fingerprint density at radius 2 is 1.95 bits per heavy atom. The van der Waals surface area contributed by atoms with Crippen LogP contribution in [0.2, 0.25) is 5.15 Å². The number of rotatable bonds is 4. The van der Waals surface area contributed by atoms with Crippen LogP contribution in [0.15, 0.2) is 30.6 Å². The summed E-state index contributed by atoms with van der Waals surface area (Å²) >= 11 is 5.67. The predicted molar refractivity (Wildman–Crippen MR) is 72.5 cm³/mol. The Bertz CT molecular complexity index is 655. The van der Waals surface area contributed by atoms with Gasteiger partial charge < -0.3 is 9.91 Å². The summed E-state index contributed by atoms with van der Waals surface area (Å²) in [6.45, 7) is 1.68. The van der Waals surface area contributed by atoms with Gasteiger partial charge in [-0.1, -0.05) is 17.7 Å². The molecule has 0 unspecified atom stereocenters. The second-order valence-electron chi connectivity index (χ2n) is 4.28. The molecule has 0 saturated heterocycles. The average molecular weight is 332 g/mol. The topological polar surface area (TPSA) is 64.5 Å². The van der Waals surface area contributed by atoms with E-state index in [-0.39, 0.29) is 16.4 Å². The first-order chi connectivity index (χ1) is 10.3. The van der Waals surface area contributed by atoms with Gasteiger partial charge in [0.05, 0.1) is 6.20 Å². The van der Waals surface area contributed by atoms with E-state index < -0.39 is 19.0 Å². The highest BCUT2D eigenvalue weighted by atomic mass is 35.5. The van der Waals surface area contributed by atoms with Crippen molar-refractivity contribution >= 4 is 24.2 Å². The van der Waals surface area contributed by atoms with E-state index in [1.807, 2.05) is 0 Å². The molecule has 1 N–H and O–H groups in total. The van der Waals surface area contributed by atoms with Gasteiger partial charge >= 0.3 is 13.3 Å². The van der Waals surface area contributed by atoms with Crippen molar-refractivity contribution in [1.82, 2.24) is 9.97 Å². The molecule has 0 aromatic carbocycles. The van der Waals surface area contributed by atoms with Gasteiger partial charge in [0.1, 0.15) is 10.8 Å². The average Bonchev–Trinajstić information content (AvgIpc) is 2.45. The molecule has 2 heterocycles. The molecule has 0 aliphatic carbocycles. The first-order valence-corrected chi connectivity index (χ1v) is 6.32. The van der Waals surface area contributed by atoms with Crippen LogP contribution in [0.25, 0.3) is 0 Å². The van der Waals surface area contributed by atoms with Crippen molar-refractivity contribution < 1.29 is 27.9 Å². The van der Waals surface area contributed by atoms with Crippen LogP contribution in [0.3, 0.4) is 0 Å². The second kappa shape index (κ2) is 6.51. The van der Waals surface area contributed by atoms with E-state index in [0.29, 0.717) is 5.56 Å². The molecule has 0 spiro atoms. The lowest BCUT2D eigenvalue weighted by atomic mass is 9.81. The Morgan fingerprint density at radius 1 is 1.23 bits per heavy atom. The minimum absolute atomic E-state index is 0.00701. The number of aryl methyl sites for hydroxylation is 1. The third-order valence-corrected chi connectivity index (χ3v) is 2.83. The van der Waals surface area contributed by atoms with Crippen LogP contribution in [-0.2, 0) is 11.0 Å². The van der Waals surface area contributed by atoms with E-state index in [9.17, 15) is 18.2 Å². The largest absolute Gasteiger partial charge is 0.539 e. The molecule has 5 nitrogen and oxygen atoms in total. The number of nitrogens with zero attached hydrogens (tertiary/aromatic N) is 2. The molecule has 0 amide bonds. The van der Waals surface area contributed by atoms with Gasteiger partial charge in [-0.15, -0.1) is 0 Å². The van der Waals surface area contributed by atoms with Gasteiger partial charge in [0.15, 0.2) is 5.75 Å². The highest BCUT2D eigenvalue weighted by molar-refractivity contribution is 6.59. The number of hydrogen-bond acceptors (Lipinski definition) is 5. The molecule has 0 radical (unpaired) electrons. The zero-order chi connectivity index (χ0) is 16.3. The van der Waals surface area contributed by atoms with E-state index in [1.54, 1.807) is 6.92 Å². The van der Waals surface area contributed by atoms with Crippen LogP contribution in [0.5, 0.6) is 5.75 Å². The maximum atomic E-state index is 12.4. The fourth-order valence-corrected chi connectivity index (χ4v) is 1.68. The molecule has 0 bridgehead atoms. The van der Waals surface area contributed by atoms with Crippen LogP contribution in [0.4, 0.5) is 13.2 Å². The lowest BCUT2D eigenvalue weighted by Crippen LogP contribution is -2.35. The normalized spacial score (nSPS) is 11.4. The van der Waals surface area contributed by atoms with Gasteiger partial charge in [0, 0.05) is 11.7 Å². The molecule has 0 aliphatic rings. The van der Waals surface area contributed by atoms with Crippen molar-refractivity contribution in [2.75, 3.05) is 0 Å². The van der Waals surface area contributed by atoms with Gasteiger partial charge in [-0.05, 0) is 24.6 Å². The Kier molecular flexibility index (Phi) is 4.89. The summed E-state index contributed by atoms with van der Waals surface area (Å²) in [5, 5.41) is 9.97. The van der Waals surface area contributed by atoms with Crippen LogP contribution in [0, 0.1) is 6.92 Å². The first-order valence-electron chi connectivity index (χ1n) is 5.94. The lowest BCUT2D eigenvalue weighted by Gasteiger charge is -2.10. The number of halogens is 4. The molecular weight excluding hydrogens is 323 g/mol. The third kappa shape index (κ3) is 4.09. The number of aromatic nitrogens is 2. The first kappa shape index (κ1) is 16.5. The van der Waals surface area contributed by atoms with E-state index in [2.05, 4.69) is 9.97 Å². The van der Waals surface area contributed by atoms with E-state index in [1.165, 1.54) is 12.3 Å². The zero-order valence-electron chi connectivity index (χ0n) is 11.1. The van der Waals surface area contributed by atoms with Gasteiger partial charge in [-0.25, -0.2) is 9.79 Å². The van der Waals surface area contributed by atoms with Crippen molar-refractivity contribution in [1.29, 1.82) is 0 Å². The third-order valence-electron chi connectivity index (χ3n) is 2.62. The van der Waals surface area contributed by atoms with Gasteiger partial charge in [0.25, 0.3) is 0 Å². The quantitative estimate of drug-likeness (QED) is 0.402. The maximum absolute atomic E-state index is 12.4. The summed E-state index contributed by atoms with van der Waals surface area (Å²) in [6, 6.07) is 3.29. The van der Waals surface area contributed by atoms with E-state index in [0.717, 1.165) is 18.3 Å². The summed E-state index contributed by atoms with van der Waals surface area (Å²) < 4.78 is 37.1. The van der Waals surface area contributed by atoms with Crippen molar-refractivity contribution in [2.45, 2.75) is 13.1 Å². The van der Waals surface area contributed by atoms with Crippen molar-refractivity contribution in [2.24, 2.45) is 0 Å². The number of hydrogen-bond donors (Lipinski definition) is 1. The van der Waals surface area contributed by atoms with Crippen LogP contribution < -0.4 is 10.4 Å². The Hall–Kier alpha value is -1.84. The SMILES string of the molecule is Cc1cc(Cl)ncc1OOB(O)c1ccc(C(F)(F)F)nc1. The molecule has 0 atom stereocenters. The highest BCUT2D eigenvalue weighted by Crippen LogP contribution is 2.26. The number of pyridine rings is 2. The second-order valence-corrected chi connectivity index (χ2v) is 4.67. The molecule has 0 saturated carbocycles. The van der Waals surface area contributed by atoms with Crippen LogP contribution in [0.1, 0.15) is 11.3 Å². The maximum Gasteiger partial charge on any atom is 0.539 e. The zero-order valence-corrected chi connectivity index (χ0v) is 11.9. The summed E-state index contributed by atoms with van der Waals surface area (Å²) in [7, 11) is -1.61. The molecule has 22 heavy (non-hydrogen) atoms. The Labute approximate surface area is 128 Å². The summed E-state index contributed by atoms with van der Waals surface area (Å²) in [5.74, 6) is 0.211. The molecule has 10 heteroatoms. The summed E-state index contributed by atoms with van der Waals surface area (Å²) in [4.78, 5) is 16.6. The van der Waals surface area contributed by atoms with Crippen LogP contribution >= 0.6 is 11.6 Å². The predicted octanol–water partition coefficient (Wildman–Crippen LogP) is 2.16. The molecule has 0 fully saturated rings. The molecule has 116 valence electrons. The lowest BCUT2D eigenvalue weighted by molar-refractivity contribution is -0.141. The smallest absolute Gasteiger partial charge is 0.421 e. The molecule has 2 aromatic rings. The minimum Gasteiger partial charge on any atom is -0.421 e. The Morgan fingerprint density at radius 3 is 2.50 bits per heavy atom. The molecule has 2 rings (SSSR count). The standard InChI is InChI=1S/C12H9BClF3N2O3/c1-7-4-11(14)19-6-9(7)21-22-13(20)8-2-3-10(18-5-8)12(15,16)17/h2-6,20H,1H3. The number of alkyl halides is 3. The van der Waals surface area contributed by atoms with Crippen molar-refractivity contribution in [3.8, 4) is 5.75 Å². The monoisotopic (exact) mass is 332 g/mol. The van der Waals surface area contributed by atoms with Crippen LogP contribution in [-0.4, -0.2) is 22.1 Å². The fourth-order valence-electron chi connectivity index (χ4n) is 1.47. The van der Waals surface area contributed by atoms with Crippen molar-refractivity contribution in [3.63, 3.8) is 0 Å². The summed E-state index contributed by atoms with van der Waals surface area (Å²) in [5.41, 5.74) is -0.451. The highest BCUT2D eigenvalue weighted by Gasteiger charge is 2.32. The van der Waals surface area contributed by atoms with Gasteiger partial charge in [0.2, 0.25) is 0 Å². The Balaban J connectivity index is 2.01. The van der Waals surface area contributed by atoms with Gasteiger partial charge in [-0.3, -0.25) is 4.98 Å². The van der Waals surface area contributed by atoms with Gasteiger partial charge in [-0.2, -0.15) is 13.2 Å². The summed E-state index contributed by atoms with van der Waals surface area (Å²) in [6.07, 6.45) is -2.41. The minimum atomic E-state index is -4.55. The van der Waals surface area contributed by atoms with E-state index >= 15 is 0 Å². The van der Waals surface area contributed by atoms with E-state index in [4.69, 9.17) is 21.3 Å².